The Morgan fingerprint density at radius 2 is 1.64 bits per heavy atom. The van der Waals surface area contributed by atoms with Crippen molar-refractivity contribution in [1.82, 2.24) is 15.8 Å². The van der Waals surface area contributed by atoms with Crippen molar-refractivity contribution in [2.75, 3.05) is 0 Å². The molecule has 6 nitrogen and oxygen atoms in total. The van der Waals surface area contributed by atoms with E-state index in [0.717, 1.165) is 17.9 Å². The van der Waals surface area contributed by atoms with Crippen molar-refractivity contribution in [3.8, 4) is 0 Å². The zero-order valence-corrected chi connectivity index (χ0v) is 15.3. The zero-order valence-electron chi connectivity index (χ0n) is 15.3. The molecule has 2 N–H and O–H groups in total. The number of hydrogen-bond acceptors (Lipinski definition) is 3. The van der Waals surface area contributed by atoms with Crippen molar-refractivity contribution in [3.05, 3.63) is 83.9 Å². The molecule has 1 saturated heterocycles. The zero-order chi connectivity index (χ0) is 19.6. The van der Waals surface area contributed by atoms with Gasteiger partial charge in [0.25, 0.3) is 5.91 Å². The second kappa shape index (κ2) is 7.31. The van der Waals surface area contributed by atoms with Crippen LogP contribution in [-0.4, -0.2) is 22.9 Å². The lowest BCUT2D eigenvalue weighted by Gasteiger charge is -2.27. The quantitative estimate of drug-likeness (QED) is 0.623. The van der Waals surface area contributed by atoms with Gasteiger partial charge in [-0.3, -0.25) is 15.0 Å². The van der Waals surface area contributed by atoms with E-state index in [2.05, 4.69) is 10.7 Å². The Balaban J connectivity index is 1.65. The molecule has 1 fully saturated rings. The van der Waals surface area contributed by atoms with Gasteiger partial charge in [0.2, 0.25) is 5.91 Å². The smallest absolute Gasteiger partial charge is 0.314 e. The summed E-state index contributed by atoms with van der Waals surface area (Å²) in [5.74, 6) is -0.726. The van der Waals surface area contributed by atoms with Gasteiger partial charge in [-0.15, -0.1) is 0 Å². The summed E-state index contributed by atoms with van der Waals surface area (Å²) < 4.78 is 0. The fourth-order valence-electron chi connectivity index (χ4n) is 3.84. The molecule has 0 aromatic heterocycles. The van der Waals surface area contributed by atoms with Crippen molar-refractivity contribution < 1.29 is 14.4 Å². The Morgan fingerprint density at radius 1 is 1.04 bits per heavy atom. The molecule has 1 aliphatic carbocycles. The van der Waals surface area contributed by atoms with Gasteiger partial charge in [0, 0.05) is 6.42 Å². The molecule has 0 saturated carbocycles. The van der Waals surface area contributed by atoms with E-state index in [-0.39, 0.29) is 18.2 Å². The van der Waals surface area contributed by atoms with Crippen LogP contribution in [0, 0.1) is 5.92 Å². The maximum absolute atomic E-state index is 13.4. The largest absolute Gasteiger partial charge is 0.344 e. The number of nitrogens with zero attached hydrogens (tertiary/aromatic N) is 1. The van der Waals surface area contributed by atoms with E-state index in [1.807, 2.05) is 48.6 Å². The summed E-state index contributed by atoms with van der Waals surface area (Å²) in [6, 6.07) is 17.5. The van der Waals surface area contributed by atoms with Crippen LogP contribution in [0.25, 0.3) is 0 Å². The van der Waals surface area contributed by atoms with E-state index >= 15 is 0 Å². The Morgan fingerprint density at radius 3 is 2.18 bits per heavy atom. The number of hydrogen-bond donors (Lipinski definition) is 2. The van der Waals surface area contributed by atoms with Crippen molar-refractivity contribution >= 4 is 17.8 Å². The number of carbonyl (C=O) groups is 3. The van der Waals surface area contributed by atoms with Crippen LogP contribution in [-0.2, 0) is 15.1 Å². The highest BCUT2D eigenvalue weighted by atomic mass is 16.2. The minimum atomic E-state index is -1.37. The van der Waals surface area contributed by atoms with Crippen LogP contribution in [0.2, 0.25) is 0 Å². The van der Waals surface area contributed by atoms with Crippen LogP contribution < -0.4 is 10.7 Å². The van der Waals surface area contributed by atoms with E-state index < -0.39 is 17.5 Å². The molecular weight excluding hydrogens is 354 g/mol. The van der Waals surface area contributed by atoms with Crippen LogP contribution >= 0.6 is 0 Å². The van der Waals surface area contributed by atoms with E-state index in [0.29, 0.717) is 11.1 Å². The molecule has 2 aromatic rings. The Hall–Kier alpha value is -3.41. The van der Waals surface area contributed by atoms with Crippen molar-refractivity contribution in [3.63, 3.8) is 0 Å². The van der Waals surface area contributed by atoms with Crippen molar-refractivity contribution in [2.45, 2.75) is 24.8 Å². The Bertz CT molecular complexity index is 885. The third kappa shape index (κ3) is 3.07. The summed E-state index contributed by atoms with van der Waals surface area (Å²) in [5, 5.41) is 3.61. The number of hydrazine groups is 1. The second-order valence-corrected chi connectivity index (χ2v) is 7.06. The molecule has 1 heterocycles. The van der Waals surface area contributed by atoms with Crippen LogP contribution in [0.5, 0.6) is 0 Å². The lowest BCUT2D eigenvalue weighted by Crippen LogP contribution is -2.49. The summed E-state index contributed by atoms with van der Waals surface area (Å²) in [6.07, 6.45) is 6.15. The molecule has 4 amide bonds. The molecule has 1 atom stereocenters. The third-order valence-corrected chi connectivity index (χ3v) is 5.23. The number of benzene rings is 2. The average Bonchev–Trinajstić information content (AvgIpc) is 3.31. The van der Waals surface area contributed by atoms with E-state index in [1.165, 1.54) is 0 Å². The minimum Gasteiger partial charge on any atom is -0.314 e. The average molecular weight is 375 g/mol. The number of imide groups is 1. The van der Waals surface area contributed by atoms with Gasteiger partial charge in [-0.2, -0.15) is 5.01 Å². The van der Waals surface area contributed by atoms with E-state index in [1.54, 1.807) is 24.3 Å². The lowest BCUT2D eigenvalue weighted by atomic mass is 9.83. The van der Waals surface area contributed by atoms with Crippen LogP contribution in [0.15, 0.2) is 72.8 Å². The molecule has 2 aromatic carbocycles. The van der Waals surface area contributed by atoms with Gasteiger partial charge >= 0.3 is 6.03 Å². The van der Waals surface area contributed by atoms with E-state index in [4.69, 9.17) is 0 Å². The first-order chi connectivity index (χ1) is 13.6. The molecule has 0 spiro atoms. The monoisotopic (exact) mass is 375 g/mol. The maximum atomic E-state index is 13.4. The van der Waals surface area contributed by atoms with Crippen molar-refractivity contribution in [1.29, 1.82) is 0 Å². The first-order valence-electron chi connectivity index (χ1n) is 9.35. The second-order valence-electron chi connectivity index (χ2n) is 7.06. The van der Waals surface area contributed by atoms with Crippen LogP contribution in [0.3, 0.4) is 0 Å². The molecule has 1 aliphatic heterocycles. The summed E-state index contributed by atoms with van der Waals surface area (Å²) in [4.78, 5) is 38.5. The molecular formula is C22H21N3O3. The van der Waals surface area contributed by atoms with Crippen LogP contribution in [0.4, 0.5) is 4.79 Å². The lowest BCUT2D eigenvalue weighted by molar-refractivity contribution is -0.138. The SMILES string of the molecule is O=C(CC1C=CCC1)NN1C(=O)NC(c2ccccc2)(c2ccccc2)C1=O. The fourth-order valence-corrected chi connectivity index (χ4v) is 3.84. The van der Waals surface area contributed by atoms with Gasteiger partial charge in [0.1, 0.15) is 0 Å². The number of carbonyl (C=O) groups excluding carboxylic acids is 3. The number of urea groups is 1. The van der Waals surface area contributed by atoms with Gasteiger partial charge in [-0.25, -0.2) is 4.79 Å². The molecule has 0 radical (unpaired) electrons. The number of amides is 4. The number of allylic oxidation sites excluding steroid dienone is 2. The predicted molar refractivity (Wildman–Crippen MR) is 104 cm³/mol. The fraction of sp³-hybridized carbons (Fsp3) is 0.227. The summed E-state index contributed by atoms with van der Waals surface area (Å²) in [7, 11) is 0. The first-order valence-corrected chi connectivity index (χ1v) is 9.35. The number of rotatable bonds is 5. The van der Waals surface area contributed by atoms with Gasteiger partial charge in [-0.05, 0) is 29.9 Å². The summed E-state index contributed by atoms with van der Waals surface area (Å²) in [6.45, 7) is 0. The molecule has 0 bridgehead atoms. The molecule has 6 heteroatoms. The summed E-state index contributed by atoms with van der Waals surface area (Å²) >= 11 is 0. The van der Waals surface area contributed by atoms with Gasteiger partial charge in [0.05, 0.1) is 0 Å². The molecule has 142 valence electrons. The molecule has 28 heavy (non-hydrogen) atoms. The van der Waals surface area contributed by atoms with Gasteiger partial charge in [0.15, 0.2) is 5.54 Å². The van der Waals surface area contributed by atoms with Gasteiger partial charge in [-0.1, -0.05) is 72.8 Å². The number of nitrogens with one attached hydrogen (secondary N) is 2. The maximum Gasteiger partial charge on any atom is 0.344 e. The topological polar surface area (TPSA) is 78.5 Å². The third-order valence-electron chi connectivity index (χ3n) is 5.23. The van der Waals surface area contributed by atoms with E-state index in [9.17, 15) is 14.4 Å². The van der Waals surface area contributed by atoms with Crippen molar-refractivity contribution in [2.24, 2.45) is 5.92 Å². The first kappa shape index (κ1) is 18.0. The highest BCUT2D eigenvalue weighted by Crippen LogP contribution is 2.35. The Kier molecular flexibility index (Phi) is 4.69. The van der Waals surface area contributed by atoms with Gasteiger partial charge < -0.3 is 5.32 Å². The molecule has 2 aliphatic rings. The standard InChI is InChI=1S/C22H21N3O3/c26-19(15-16-9-7-8-10-16)24-25-20(27)22(23-21(25)28,17-11-3-1-4-12-17)18-13-5-2-6-14-18/h1-7,9,11-14,16H,8,10,15H2,(H,23,28)(H,24,26). The molecule has 1 unspecified atom stereocenters. The Labute approximate surface area is 163 Å². The highest BCUT2D eigenvalue weighted by Gasteiger charge is 2.54. The summed E-state index contributed by atoms with van der Waals surface area (Å²) in [5.41, 5.74) is 2.39. The molecule has 4 rings (SSSR count). The predicted octanol–water partition coefficient (Wildman–Crippen LogP) is 2.87. The van der Waals surface area contributed by atoms with Crippen LogP contribution in [0.1, 0.15) is 30.4 Å². The minimum absolute atomic E-state index is 0.147. The normalized spacial score (nSPS) is 20.3. The highest BCUT2D eigenvalue weighted by molar-refractivity contribution is 6.10.